The maximum absolute atomic E-state index is 12.6. The van der Waals surface area contributed by atoms with Gasteiger partial charge in [0.05, 0.1) is 7.11 Å². The number of carbonyl (C=O) groups is 1. The molecule has 0 radical (unpaired) electrons. The van der Waals surface area contributed by atoms with E-state index in [2.05, 4.69) is 12.2 Å². The molecule has 1 saturated carbocycles. The van der Waals surface area contributed by atoms with Gasteiger partial charge < -0.3 is 14.8 Å². The summed E-state index contributed by atoms with van der Waals surface area (Å²) in [5, 5.41) is 2.96. The lowest BCUT2D eigenvalue weighted by Crippen LogP contribution is -2.47. The van der Waals surface area contributed by atoms with Crippen LogP contribution in [0.5, 0.6) is 5.75 Å². The largest absolute Gasteiger partial charge is 0.497 e. The Kier molecular flexibility index (Phi) is 4.65. The van der Waals surface area contributed by atoms with E-state index in [4.69, 9.17) is 9.47 Å². The quantitative estimate of drug-likeness (QED) is 0.919. The highest BCUT2D eigenvalue weighted by molar-refractivity contribution is 5.97. The predicted octanol–water partition coefficient (Wildman–Crippen LogP) is 3.23. The zero-order valence-corrected chi connectivity index (χ0v) is 12.4. The fourth-order valence-corrected chi connectivity index (χ4v) is 2.91. The lowest BCUT2D eigenvalue weighted by Gasteiger charge is -2.37. The van der Waals surface area contributed by atoms with Crippen molar-refractivity contribution in [3.63, 3.8) is 0 Å². The van der Waals surface area contributed by atoms with Gasteiger partial charge in [0.1, 0.15) is 11.4 Å². The summed E-state index contributed by atoms with van der Waals surface area (Å²) in [6.07, 6.45) is 3.77. The Morgan fingerprint density at radius 1 is 1.30 bits per heavy atom. The van der Waals surface area contributed by atoms with Crippen LogP contribution in [0.2, 0.25) is 0 Å². The first-order chi connectivity index (χ1) is 9.59. The summed E-state index contributed by atoms with van der Waals surface area (Å²) >= 11 is 0. The second kappa shape index (κ2) is 6.27. The van der Waals surface area contributed by atoms with E-state index >= 15 is 0 Å². The molecule has 2 atom stereocenters. The van der Waals surface area contributed by atoms with Gasteiger partial charge in [-0.2, -0.15) is 0 Å². The number of ether oxygens (including phenoxy) is 2. The predicted molar refractivity (Wildman–Crippen MR) is 79.0 cm³/mol. The molecule has 0 bridgehead atoms. The van der Waals surface area contributed by atoms with Crippen molar-refractivity contribution in [2.24, 2.45) is 5.92 Å². The molecule has 1 aromatic carbocycles. The zero-order chi connectivity index (χ0) is 14.6. The molecular weight excluding hydrogens is 254 g/mol. The Labute approximate surface area is 120 Å². The van der Waals surface area contributed by atoms with E-state index in [1.54, 1.807) is 14.2 Å². The van der Waals surface area contributed by atoms with E-state index in [9.17, 15) is 4.79 Å². The van der Waals surface area contributed by atoms with E-state index in [0.29, 0.717) is 5.92 Å². The van der Waals surface area contributed by atoms with E-state index < -0.39 is 5.60 Å². The molecule has 0 spiro atoms. The van der Waals surface area contributed by atoms with Gasteiger partial charge in [0.25, 0.3) is 5.91 Å². The first-order valence-corrected chi connectivity index (χ1v) is 7.10. The second-order valence-corrected chi connectivity index (χ2v) is 5.58. The van der Waals surface area contributed by atoms with Crippen LogP contribution in [-0.2, 0) is 9.53 Å². The van der Waals surface area contributed by atoms with Crippen LogP contribution in [0, 0.1) is 5.92 Å². The first-order valence-electron chi connectivity index (χ1n) is 7.10. The van der Waals surface area contributed by atoms with Gasteiger partial charge in [-0.25, -0.2) is 0 Å². The molecule has 1 aliphatic carbocycles. The minimum Gasteiger partial charge on any atom is -0.497 e. The van der Waals surface area contributed by atoms with Crippen LogP contribution in [0.4, 0.5) is 5.69 Å². The van der Waals surface area contributed by atoms with Gasteiger partial charge in [0.2, 0.25) is 0 Å². The molecule has 0 saturated heterocycles. The average molecular weight is 277 g/mol. The summed E-state index contributed by atoms with van der Waals surface area (Å²) in [6.45, 7) is 2.17. The van der Waals surface area contributed by atoms with Gasteiger partial charge in [0, 0.05) is 12.8 Å². The van der Waals surface area contributed by atoms with Gasteiger partial charge in [0.15, 0.2) is 0 Å². The summed E-state index contributed by atoms with van der Waals surface area (Å²) < 4.78 is 10.7. The van der Waals surface area contributed by atoms with Crippen LogP contribution in [0.1, 0.15) is 32.6 Å². The van der Waals surface area contributed by atoms with Crippen LogP contribution in [-0.4, -0.2) is 25.7 Å². The molecule has 1 N–H and O–H groups in total. The molecule has 20 heavy (non-hydrogen) atoms. The molecule has 1 aromatic rings. The molecule has 0 unspecified atom stereocenters. The maximum atomic E-state index is 12.6. The number of methoxy groups -OCH3 is 2. The van der Waals surface area contributed by atoms with E-state index in [1.165, 1.54) is 6.42 Å². The third-order valence-electron chi connectivity index (χ3n) is 4.11. The topological polar surface area (TPSA) is 47.6 Å². The van der Waals surface area contributed by atoms with Crippen molar-refractivity contribution in [2.75, 3.05) is 19.5 Å². The third kappa shape index (κ3) is 3.12. The standard InChI is InChI=1S/C16H23NO3/c1-12-5-4-10-16(11-12,20-3)15(18)17-13-6-8-14(19-2)9-7-13/h6-9,12H,4-5,10-11H2,1-3H3,(H,17,18)/t12-,16-/m1/s1. The minimum atomic E-state index is -0.683. The SMILES string of the molecule is COc1ccc(NC(=O)[C@@]2(OC)CCC[C@@H](C)C2)cc1. The molecule has 1 fully saturated rings. The van der Waals surface area contributed by atoms with E-state index in [0.717, 1.165) is 30.7 Å². The molecule has 4 heteroatoms. The van der Waals surface area contributed by atoms with Crippen molar-refractivity contribution in [2.45, 2.75) is 38.2 Å². The molecule has 0 aliphatic heterocycles. The van der Waals surface area contributed by atoms with Crippen molar-refractivity contribution in [3.8, 4) is 5.75 Å². The monoisotopic (exact) mass is 277 g/mol. The van der Waals surface area contributed by atoms with Crippen molar-refractivity contribution in [1.29, 1.82) is 0 Å². The third-order valence-corrected chi connectivity index (χ3v) is 4.11. The number of nitrogens with one attached hydrogen (secondary N) is 1. The van der Waals surface area contributed by atoms with Crippen molar-refractivity contribution in [1.82, 2.24) is 0 Å². The Morgan fingerprint density at radius 3 is 2.55 bits per heavy atom. The number of benzene rings is 1. The molecule has 0 aromatic heterocycles. The number of hydrogen-bond donors (Lipinski definition) is 1. The fraction of sp³-hybridized carbons (Fsp3) is 0.562. The molecule has 0 heterocycles. The van der Waals surface area contributed by atoms with Crippen molar-refractivity contribution >= 4 is 11.6 Å². The summed E-state index contributed by atoms with van der Waals surface area (Å²) in [4.78, 5) is 12.6. The van der Waals surface area contributed by atoms with Gasteiger partial charge in [-0.05, 0) is 49.4 Å². The number of carbonyl (C=O) groups excluding carboxylic acids is 1. The lowest BCUT2D eigenvalue weighted by molar-refractivity contribution is -0.143. The summed E-state index contributed by atoms with van der Waals surface area (Å²) in [5.41, 5.74) is 0.0860. The maximum Gasteiger partial charge on any atom is 0.256 e. The molecule has 1 amide bonds. The minimum absolute atomic E-state index is 0.0447. The van der Waals surface area contributed by atoms with Crippen LogP contribution < -0.4 is 10.1 Å². The first kappa shape index (κ1) is 14.9. The van der Waals surface area contributed by atoms with E-state index in [1.807, 2.05) is 24.3 Å². The average Bonchev–Trinajstić information content (AvgIpc) is 2.47. The normalized spacial score (nSPS) is 26.1. The highest BCUT2D eigenvalue weighted by Crippen LogP contribution is 2.35. The molecular formula is C16H23NO3. The number of amides is 1. The zero-order valence-electron chi connectivity index (χ0n) is 12.4. The smallest absolute Gasteiger partial charge is 0.256 e. The van der Waals surface area contributed by atoms with Crippen LogP contribution >= 0.6 is 0 Å². The molecule has 1 aliphatic rings. The molecule has 110 valence electrons. The van der Waals surface area contributed by atoms with Crippen LogP contribution in [0.25, 0.3) is 0 Å². The van der Waals surface area contributed by atoms with Gasteiger partial charge in [-0.15, -0.1) is 0 Å². The summed E-state index contributed by atoms with van der Waals surface area (Å²) in [6, 6.07) is 7.34. The van der Waals surface area contributed by atoms with Gasteiger partial charge in [-0.1, -0.05) is 13.3 Å². The van der Waals surface area contributed by atoms with Crippen molar-refractivity contribution < 1.29 is 14.3 Å². The number of anilines is 1. The lowest BCUT2D eigenvalue weighted by atomic mass is 9.78. The number of rotatable bonds is 4. The molecule has 2 rings (SSSR count). The Hall–Kier alpha value is -1.55. The highest BCUT2D eigenvalue weighted by atomic mass is 16.5. The Balaban J connectivity index is 2.08. The fourth-order valence-electron chi connectivity index (χ4n) is 2.91. The number of hydrogen-bond acceptors (Lipinski definition) is 3. The van der Waals surface area contributed by atoms with Gasteiger partial charge in [-0.3, -0.25) is 4.79 Å². The second-order valence-electron chi connectivity index (χ2n) is 5.58. The molecule has 4 nitrogen and oxygen atoms in total. The van der Waals surface area contributed by atoms with Gasteiger partial charge >= 0.3 is 0 Å². The van der Waals surface area contributed by atoms with Crippen LogP contribution in [0.3, 0.4) is 0 Å². The van der Waals surface area contributed by atoms with Crippen LogP contribution in [0.15, 0.2) is 24.3 Å². The summed E-state index contributed by atoms with van der Waals surface area (Å²) in [5.74, 6) is 1.25. The Morgan fingerprint density at radius 2 is 2.00 bits per heavy atom. The van der Waals surface area contributed by atoms with Crippen molar-refractivity contribution in [3.05, 3.63) is 24.3 Å². The highest BCUT2D eigenvalue weighted by Gasteiger charge is 2.41. The van der Waals surface area contributed by atoms with E-state index in [-0.39, 0.29) is 5.91 Å². The summed E-state index contributed by atoms with van der Waals surface area (Å²) in [7, 11) is 3.25. The Bertz CT molecular complexity index is 457.